The summed E-state index contributed by atoms with van der Waals surface area (Å²) in [6, 6.07) is -37.7. The Hall–Kier alpha value is -7.16. The van der Waals surface area contributed by atoms with Gasteiger partial charge in [-0.2, -0.15) is 0 Å². The molecule has 10 aromatic rings. The minimum atomic E-state index is -1.36. The lowest BCUT2D eigenvalue weighted by Crippen LogP contribution is -2.10. The summed E-state index contributed by atoms with van der Waals surface area (Å²) in [6.07, 6.45) is 0. The minimum Gasteiger partial charge on any atom is -0.455 e. The van der Waals surface area contributed by atoms with Gasteiger partial charge in [0.1, 0.15) is 11.2 Å². The van der Waals surface area contributed by atoms with E-state index in [9.17, 15) is 19.2 Å². The Morgan fingerprint density at radius 1 is 0.352 bits per heavy atom. The number of hydrogen-bond donors (Lipinski definition) is 0. The van der Waals surface area contributed by atoms with Gasteiger partial charge < -0.3 is 9.32 Å². The second-order valence-electron chi connectivity index (χ2n) is 11.0. The van der Waals surface area contributed by atoms with E-state index in [1.54, 1.807) is 0 Å². The number of benzene rings is 9. The van der Waals surface area contributed by atoms with Crippen molar-refractivity contribution in [3.63, 3.8) is 0 Å². The summed E-state index contributed by atoms with van der Waals surface area (Å²) >= 11 is 0. The molecular formula is C52H35NO. The Bertz CT molecular complexity index is 4800. The van der Waals surface area contributed by atoms with Gasteiger partial charge in [-0.15, -0.1) is 0 Å². The summed E-state index contributed by atoms with van der Waals surface area (Å²) in [5.41, 5.74) is -12.0. The van der Waals surface area contributed by atoms with Crippen LogP contribution in [0.25, 0.3) is 77.2 Å². The standard InChI is InChI=1S/C52H35NO/c1-4-13-36(14-5-1)37-23-25-38(26-24-37)39-27-29-40(30-28-39)41-31-33-44(34-32-41)53(43-17-8-3-9-18-43)49-35-48-51-45(42-15-6-2-7-16-42)21-12-22-50(51)54-52(48)47-20-11-10-19-46(47)49/h1-35H/i1D,2D,3D,4D,5D,6D,7D,8D,9D,10D,11D,12D,13D,14D,15D,16D,17D,18D,19D,20D,21D,22D,23D,24D,25D,26D,27D,28D,29D,30D,31D,32D,33D,34D,35D. The van der Waals surface area contributed by atoms with Crippen molar-refractivity contribution in [3.8, 4) is 44.5 Å². The molecule has 254 valence electrons. The van der Waals surface area contributed by atoms with Gasteiger partial charge >= 0.3 is 0 Å². The van der Waals surface area contributed by atoms with Crippen LogP contribution in [0.15, 0.2) is 216 Å². The van der Waals surface area contributed by atoms with E-state index < -0.39 is 306 Å². The van der Waals surface area contributed by atoms with Crippen molar-refractivity contribution in [2.24, 2.45) is 0 Å². The Labute approximate surface area is 364 Å². The zero-order valence-electron chi connectivity index (χ0n) is 61.9. The fourth-order valence-corrected chi connectivity index (χ4v) is 5.57. The molecule has 0 aliphatic carbocycles. The molecule has 0 saturated carbocycles. The first kappa shape index (κ1) is 11.9. The van der Waals surface area contributed by atoms with Gasteiger partial charge in [0.05, 0.1) is 53.7 Å². The van der Waals surface area contributed by atoms with Gasteiger partial charge in [0.15, 0.2) is 0 Å². The highest BCUT2D eigenvalue weighted by Crippen LogP contribution is 2.46. The summed E-state index contributed by atoms with van der Waals surface area (Å²) in [7, 11) is 0. The first-order valence-electron chi connectivity index (χ1n) is 33.1. The molecule has 0 bridgehead atoms. The molecule has 0 aliphatic heterocycles. The van der Waals surface area contributed by atoms with Crippen LogP contribution in [0.3, 0.4) is 0 Å². The highest BCUT2D eigenvalue weighted by atomic mass is 16.3. The molecule has 1 heterocycles. The van der Waals surface area contributed by atoms with Crippen LogP contribution in [-0.4, -0.2) is 0 Å². The Morgan fingerprint density at radius 3 is 1.37 bits per heavy atom. The number of fused-ring (bicyclic) bond motifs is 5. The lowest BCUT2D eigenvalue weighted by atomic mass is 9.97. The molecule has 0 N–H and O–H groups in total. The van der Waals surface area contributed by atoms with Gasteiger partial charge in [-0.05, 0) is 80.8 Å². The normalized spacial score (nSPS) is 20.4. The van der Waals surface area contributed by atoms with E-state index in [-0.39, 0.29) is 0 Å². The predicted octanol–water partition coefficient (Wildman–Crippen LogP) is 14.9. The monoisotopic (exact) mass is 724 g/mol. The van der Waals surface area contributed by atoms with E-state index in [0.717, 1.165) is 0 Å². The highest BCUT2D eigenvalue weighted by Gasteiger charge is 2.21. The Morgan fingerprint density at radius 2 is 0.796 bits per heavy atom. The topological polar surface area (TPSA) is 16.4 Å². The van der Waals surface area contributed by atoms with E-state index in [0.29, 0.717) is 4.90 Å². The van der Waals surface area contributed by atoms with Crippen LogP contribution in [0.4, 0.5) is 17.1 Å². The van der Waals surface area contributed by atoms with Gasteiger partial charge in [0.25, 0.3) is 0 Å². The predicted molar refractivity (Wildman–Crippen MR) is 228 cm³/mol. The fraction of sp³-hybridized carbons (Fsp3) is 0. The number of hydrogen-bond acceptors (Lipinski definition) is 2. The summed E-state index contributed by atoms with van der Waals surface area (Å²) < 4.78 is 320. The summed E-state index contributed by atoms with van der Waals surface area (Å²) in [5.74, 6) is 0. The van der Waals surface area contributed by atoms with Gasteiger partial charge in [-0.3, -0.25) is 0 Å². The van der Waals surface area contributed by atoms with Crippen molar-refractivity contribution >= 4 is 49.8 Å². The minimum absolute atomic E-state index is 0.356. The second-order valence-corrected chi connectivity index (χ2v) is 11.0. The zero-order chi connectivity index (χ0) is 66.3. The number of anilines is 3. The maximum Gasteiger partial charge on any atom is 0.143 e. The molecule has 2 nitrogen and oxygen atoms in total. The van der Waals surface area contributed by atoms with Crippen molar-refractivity contribution < 1.29 is 52.4 Å². The van der Waals surface area contributed by atoms with Crippen molar-refractivity contribution in [1.29, 1.82) is 0 Å². The Kier molecular flexibility index (Phi) is 2.97. The molecule has 0 fully saturated rings. The number of para-hydroxylation sites is 1. The smallest absolute Gasteiger partial charge is 0.143 e. The zero-order valence-corrected chi connectivity index (χ0v) is 26.9. The molecule has 1 aromatic heterocycles. The quantitative estimate of drug-likeness (QED) is 0.163. The molecule has 0 radical (unpaired) electrons. The molecule has 54 heavy (non-hydrogen) atoms. The SMILES string of the molecule is [2H]c1c([2H])c([2H])c(-c2c([2H])c([2H])c(-c3c([2H])c([2H])c(-c4c([2H])c([2H])c(N(c5c([2H])c([2H])c([2H])c([2H])c5[2H])c5c([2H])c6c(oc7c([2H])c([2H])c([2H])c(-c8c([2H])c([2H])c([2H])c([2H])c8[2H])c76)c6c([2H])c([2H])c([2H])c([2H])c56)c([2H])c4[2H])c([2H])c3[2H])c([2H])c2[2H])c([2H])c1[2H]. The third kappa shape index (κ3) is 5.62. The third-order valence-electron chi connectivity index (χ3n) is 7.94. The summed E-state index contributed by atoms with van der Waals surface area (Å²) in [5, 5.41) is -3.13. The van der Waals surface area contributed by atoms with Crippen molar-refractivity contribution in [2.75, 3.05) is 4.90 Å². The molecule has 0 atom stereocenters. The van der Waals surface area contributed by atoms with Crippen LogP contribution >= 0.6 is 0 Å². The Balaban J connectivity index is 1.35. The molecule has 0 spiro atoms. The first-order chi connectivity index (χ1) is 41.4. The van der Waals surface area contributed by atoms with Gasteiger partial charge in [0, 0.05) is 32.9 Å². The van der Waals surface area contributed by atoms with E-state index in [4.69, 9.17) is 33.2 Å². The van der Waals surface area contributed by atoms with E-state index in [2.05, 4.69) is 0 Å². The second kappa shape index (κ2) is 13.4. The van der Waals surface area contributed by atoms with Gasteiger partial charge in [-0.1, -0.05) is 175 Å². The molecular weight excluding hydrogens is 655 g/mol. The van der Waals surface area contributed by atoms with Crippen LogP contribution < -0.4 is 4.90 Å². The van der Waals surface area contributed by atoms with Crippen LogP contribution in [-0.2, 0) is 0 Å². The van der Waals surface area contributed by atoms with Gasteiger partial charge in [-0.25, -0.2) is 0 Å². The van der Waals surface area contributed by atoms with Crippen molar-refractivity contribution in [1.82, 2.24) is 0 Å². The average molecular weight is 725 g/mol. The van der Waals surface area contributed by atoms with Crippen molar-refractivity contribution in [2.45, 2.75) is 0 Å². The van der Waals surface area contributed by atoms with Crippen LogP contribution in [0.1, 0.15) is 48.0 Å². The molecule has 0 saturated heterocycles. The highest BCUT2D eigenvalue weighted by molar-refractivity contribution is 6.22. The van der Waals surface area contributed by atoms with Gasteiger partial charge in [0.2, 0.25) is 0 Å². The first-order valence-corrected chi connectivity index (χ1v) is 15.6. The number of furan rings is 1. The molecule has 9 aromatic carbocycles. The number of nitrogens with zero attached hydrogens (tertiary/aromatic N) is 1. The molecule has 10 rings (SSSR count). The average Bonchev–Trinajstić information content (AvgIpc) is 1.63. The van der Waals surface area contributed by atoms with E-state index >= 15 is 0 Å². The lowest BCUT2D eigenvalue weighted by Gasteiger charge is -2.27. The van der Waals surface area contributed by atoms with Crippen molar-refractivity contribution in [3.05, 3.63) is 211 Å². The van der Waals surface area contributed by atoms with Crippen LogP contribution in [0.2, 0.25) is 0 Å². The van der Waals surface area contributed by atoms with E-state index in [1.807, 2.05) is 0 Å². The molecule has 0 aliphatic rings. The maximum absolute atomic E-state index is 10.2. The van der Waals surface area contributed by atoms with Crippen LogP contribution in [0, 0.1) is 0 Å². The molecule has 0 amide bonds. The summed E-state index contributed by atoms with van der Waals surface area (Å²) in [6.45, 7) is 0. The third-order valence-corrected chi connectivity index (χ3v) is 7.94. The largest absolute Gasteiger partial charge is 0.455 e. The fourth-order valence-electron chi connectivity index (χ4n) is 5.57. The molecule has 0 unspecified atom stereocenters. The molecule has 2 heteroatoms. The van der Waals surface area contributed by atoms with E-state index in [1.165, 1.54) is 0 Å². The maximum atomic E-state index is 10.2. The summed E-state index contributed by atoms with van der Waals surface area (Å²) in [4.78, 5) is 0.356. The van der Waals surface area contributed by atoms with Crippen LogP contribution in [0.5, 0.6) is 0 Å². The number of rotatable bonds is 7. The lowest BCUT2D eigenvalue weighted by molar-refractivity contribution is 0.673.